The van der Waals surface area contributed by atoms with Crippen molar-refractivity contribution in [3.63, 3.8) is 0 Å². The number of nitrogens with one attached hydrogen (secondary N) is 1. The van der Waals surface area contributed by atoms with Crippen molar-refractivity contribution in [2.75, 3.05) is 25.1 Å². The lowest BCUT2D eigenvalue weighted by atomic mass is 10.2. The smallest absolute Gasteiger partial charge is 0.173 e. The zero-order chi connectivity index (χ0) is 17.8. The van der Waals surface area contributed by atoms with Gasteiger partial charge in [0.2, 0.25) is 0 Å². The molecule has 3 rings (SSSR count). The van der Waals surface area contributed by atoms with Crippen LogP contribution in [0.25, 0.3) is 0 Å². The van der Waals surface area contributed by atoms with Gasteiger partial charge in [0.25, 0.3) is 0 Å². The first kappa shape index (κ1) is 17.8. The lowest BCUT2D eigenvalue weighted by Crippen LogP contribution is -2.34. The number of thiocarbonyl (C=S) groups is 1. The first-order valence-corrected chi connectivity index (χ1v) is 9.06. The second-order valence-electron chi connectivity index (χ2n) is 5.89. The third kappa shape index (κ3) is 4.35. The maximum atomic E-state index is 6.19. The van der Waals surface area contributed by atoms with E-state index in [1.165, 1.54) is 0 Å². The molecule has 1 N–H and O–H groups in total. The van der Waals surface area contributed by atoms with E-state index in [1.54, 1.807) is 0 Å². The van der Waals surface area contributed by atoms with Crippen molar-refractivity contribution >= 4 is 34.6 Å². The van der Waals surface area contributed by atoms with Gasteiger partial charge in [0.1, 0.15) is 13.2 Å². The van der Waals surface area contributed by atoms with Crippen molar-refractivity contribution in [3.05, 3.63) is 52.5 Å². The summed E-state index contributed by atoms with van der Waals surface area (Å²) in [6.45, 7) is 6.72. The number of benzene rings is 2. The van der Waals surface area contributed by atoms with Gasteiger partial charge < -0.3 is 19.7 Å². The molecule has 6 heteroatoms. The van der Waals surface area contributed by atoms with Crippen LogP contribution in [0.2, 0.25) is 5.02 Å². The molecule has 0 aliphatic carbocycles. The number of nitrogens with zero attached hydrogens (tertiary/aromatic N) is 1. The van der Waals surface area contributed by atoms with Gasteiger partial charge in [-0.05, 0) is 61.5 Å². The molecule has 0 unspecified atom stereocenters. The van der Waals surface area contributed by atoms with Crippen molar-refractivity contribution in [3.8, 4) is 11.5 Å². The molecule has 0 saturated heterocycles. The van der Waals surface area contributed by atoms with Crippen LogP contribution in [-0.4, -0.2) is 29.8 Å². The van der Waals surface area contributed by atoms with Gasteiger partial charge >= 0.3 is 0 Å². The van der Waals surface area contributed by atoms with Crippen molar-refractivity contribution in [1.82, 2.24) is 4.90 Å². The van der Waals surface area contributed by atoms with E-state index in [1.807, 2.05) is 43.3 Å². The number of aryl methyl sites for hydroxylation is 1. The summed E-state index contributed by atoms with van der Waals surface area (Å²) < 4.78 is 11.2. The van der Waals surface area contributed by atoms with E-state index in [2.05, 4.69) is 17.1 Å². The number of halogens is 1. The monoisotopic (exact) mass is 376 g/mol. The maximum absolute atomic E-state index is 6.19. The molecule has 2 aromatic carbocycles. The molecule has 1 aliphatic rings. The molecule has 1 aliphatic heterocycles. The molecule has 0 saturated carbocycles. The minimum atomic E-state index is 0.585. The molecule has 0 atom stereocenters. The van der Waals surface area contributed by atoms with E-state index in [9.17, 15) is 0 Å². The Kier molecular flexibility index (Phi) is 5.66. The van der Waals surface area contributed by atoms with E-state index in [0.29, 0.717) is 24.9 Å². The Morgan fingerprint density at radius 1 is 1.16 bits per heavy atom. The SMILES string of the molecule is CCN(Cc1ccc2c(c1)OCCO2)C(=S)Nc1ccc(C)c(Cl)c1. The van der Waals surface area contributed by atoms with Crippen molar-refractivity contribution < 1.29 is 9.47 Å². The third-order valence-electron chi connectivity index (χ3n) is 4.07. The first-order chi connectivity index (χ1) is 12.1. The highest BCUT2D eigenvalue weighted by Gasteiger charge is 2.14. The molecule has 0 fully saturated rings. The number of ether oxygens (including phenoxy) is 2. The van der Waals surface area contributed by atoms with Gasteiger partial charge in [0.15, 0.2) is 16.6 Å². The van der Waals surface area contributed by atoms with Gasteiger partial charge in [-0.1, -0.05) is 23.7 Å². The molecule has 0 bridgehead atoms. The zero-order valence-corrected chi connectivity index (χ0v) is 15.9. The topological polar surface area (TPSA) is 33.7 Å². The normalized spacial score (nSPS) is 12.6. The van der Waals surface area contributed by atoms with E-state index >= 15 is 0 Å². The Balaban J connectivity index is 1.69. The third-order valence-corrected chi connectivity index (χ3v) is 4.84. The quantitative estimate of drug-likeness (QED) is 0.786. The molecular weight excluding hydrogens is 356 g/mol. The van der Waals surface area contributed by atoms with E-state index < -0.39 is 0 Å². The number of anilines is 1. The Morgan fingerprint density at radius 3 is 2.64 bits per heavy atom. The molecule has 1 heterocycles. The molecule has 25 heavy (non-hydrogen) atoms. The van der Waals surface area contributed by atoms with Gasteiger partial charge in [-0.2, -0.15) is 0 Å². The van der Waals surface area contributed by atoms with E-state index in [4.69, 9.17) is 33.3 Å². The van der Waals surface area contributed by atoms with Crippen LogP contribution in [0.1, 0.15) is 18.1 Å². The van der Waals surface area contributed by atoms with E-state index in [0.717, 1.165) is 39.9 Å². The summed E-state index contributed by atoms with van der Waals surface area (Å²) in [5.74, 6) is 1.59. The number of hydrogen-bond donors (Lipinski definition) is 1. The first-order valence-electron chi connectivity index (χ1n) is 8.27. The Bertz CT molecular complexity index is 782. The lowest BCUT2D eigenvalue weighted by molar-refractivity contribution is 0.171. The zero-order valence-electron chi connectivity index (χ0n) is 14.3. The van der Waals surface area contributed by atoms with Crippen LogP contribution >= 0.6 is 23.8 Å². The molecule has 132 valence electrons. The molecular formula is C19H21ClN2O2S. The predicted molar refractivity (Wildman–Crippen MR) is 106 cm³/mol. The van der Waals surface area contributed by atoms with Crippen molar-refractivity contribution in [2.45, 2.75) is 20.4 Å². The Morgan fingerprint density at radius 2 is 1.92 bits per heavy atom. The highest BCUT2D eigenvalue weighted by atomic mass is 35.5. The highest BCUT2D eigenvalue weighted by molar-refractivity contribution is 7.80. The molecule has 0 radical (unpaired) electrons. The van der Waals surface area contributed by atoms with Crippen LogP contribution in [0.4, 0.5) is 5.69 Å². The summed E-state index contributed by atoms with van der Waals surface area (Å²) in [7, 11) is 0. The summed E-state index contributed by atoms with van der Waals surface area (Å²) in [4.78, 5) is 2.09. The van der Waals surface area contributed by atoms with Gasteiger partial charge in [-0.25, -0.2) is 0 Å². The van der Waals surface area contributed by atoms with Crippen LogP contribution in [-0.2, 0) is 6.54 Å². The minimum Gasteiger partial charge on any atom is -0.486 e. The largest absolute Gasteiger partial charge is 0.486 e. The highest BCUT2D eigenvalue weighted by Crippen LogP contribution is 2.31. The van der Waals surface area contributed by atoms with Crippen LogP contribution in [0, 0.1) is 6.92 Å². The average molecular weight is 377 g/mol. The maximum Gasteiger partial charge on any atom is 0.173 e. The van der Waals surface area contributed by atoms with Crippen LogP contribution in [0.15, 0.2) is 36.4 Å². The summed E-state index contributed by atoms with van der Waals surface area (Å²) >= 11 is 11.8. The summed E-state index contributed by atoms with van der Waals surface area (Å²) in [6, 6.07) is 11.9. The lowest BCUT2D eigenvalue weighted by Gasteiger charge is -2.25. The van der Waals surface area contributed by atoms with Crippen LogP contribution in [0.3, 0.4) is 0 Å². The van der Waals surface area contributed by atoms with Crippen LogP contribution < -0.4 is 14.8 Å². The second-order valence-corrected chi connectivity index (χ2v) is 6.68. The number of fused-ring (bicyclic) bond motifs is 1. The fraction of sp³-hybridized carbons (Fsp3) is 0.316. The summed E-state index contributed by atoms with van der Waals surface area (Å²) in [5, 5.41) is 4.65. The Hall–Kier alpha value is -1.98. The van der Waals surface area contributed by atoms with Gasteiger partial charge in [-0.3, -0.25) is 0 Å². The van der Waals surface area contributed by atoms with Gasteiger partial charge in [0.05, 0.1) is 0 Å². The number of hydrogen-bond acceptors (Lipinski definition) is 3. The molecule has 0 amide bonds. The summed E-state index contributed by atoms with van der Waals surface area (Å²) in [5.41, 5.74) is 3.06. The van der Waals surface area contributed by atoms with Gasteiger partial charge in [-0.15, -0.1) is 0 Å². The average Bonchev–Trinajstić information content (AvgIpc) is 2.62. The molecule has 0 aromatic heterocycles. The second kappa shape index (κ2) is 7.93. The summed E-state index contributed by atoms with van der Waals surface area (Å²) in [6.07, 6.45) is 0. The molecule has 0 spiro atoms. The van der Waals surface area contributed by atoms with Crippen LogP contribution in [0.5, 0.6) is 11.5 Å². The Labute approximate surface area is 158 Å². The van der Waals surface area contributed by atoms with Gasteiger partial charge in [0, 0.05) is 23.8 Å². The van der Waals surface area contributed by atoms with Crippen molar-refractivity contribution in [1.29, 1.82) is 0 Å². The van der Waals surface area contributed by atoms with E-state index in [-0.39, 0.29) is 0 Å². The number of rotatable bonds is 4. The minimum absolute atomic E-state index is 0.585. The fourth-order valence-electron chi connectivity index (χ4n) is 2.61. The predicted octanol–water partition coefficient (Wildman–Crippen LogP) is 4.64. The molecule has 2 aromatic rings. The standard InChI is InChI=1S/C19H21ClN2O2S/c1-3-22(19(25)21-15-6-4-13(2)16(20)11-15)12-14-5-7-17-18(10-14)24-9-8-23-17/h4-7,10-11H,3,8-9,12H2,1-2H3,(H,21,25). The van der Waals surface area contributed by atoms with Crippen molar-refractivity contribution in [2.24, 2.45) is 0 Å². The molecule has 4 nitrogen and oxygen atoms in total. The fourth-order valence-corrected chi connectivity index (χ4v) is 3.10.